The van der Waals surface area contributed by atoms with Crippen LogP contribution in [0.1, 0.15) is 28.4 Å². The van der Waals surface area contributed by atoms with Crippen molar-refractivity contribution in [2.24, 2.45) is 0 Å². The van der Waals surface area contributed by atoms with Crippen molar-refractivity contribution in [3.05, 3.63) is 106 Å². The van der Waals surface area contributed by atoms with Gasteiger partial charge in [0.25, 0.3) is 0 Å². The summed E-state index contributed by atoms with van der Waals surface area (Å²) in [6.45, 7) is 1.80. The first-order chi connectivity index (χ1) is 14.9. The van der Waals surface area contributed by atoms with E-state index in [-0.39, 0.29) is 12.4 Å². The number of esters is 1. The molecule has 0 N–H and O–H groups in total. The molecule has 0 fully saturated rings. The second kappa shape index (κ2) is 10.8. The average molecular weight is 455 g/mol. The Labute approximate surface area is 191 Å². The first-order valence-electron chi connectivity index (χ1n) is 9.58. The minimum absolute atomic E-state index is 0.243. The van der Waals surface area contributed by atoms with Gasteiger partial charge in [0, 0.05) is 27.2 Å². The van der Waals surface area contributed by atoms with E-state index in [1.54, 1.807) is 79.7 Å². The molecule has 0 spiro atoms. The van der Waals surface area contributed by atoms with Crippen molar-refractivity contribution in [3.63, 3.8) is 0 Å². The summed E-state index contributed by atoms with van der Waals surface area (Å²) in [7, 11) is 0. The van der Waals surface area contributed by atoms with Gasteiger partial charge in [-0.2, -0.15) is 0 Å². The molecule has 0 radical (unpaired) electrons. The molecule has 1 atom stereocenters. The molecule has 0 amide bonds. The largest absolute Gasteiger partial charge is 0.489 e. The monoisotopic (exact) mass is 454 g/mol. The summed E-state index contributed by atoms with van der Waals surface area (Å²) in [5.74, 6) is -0.203. The first kappa shape index (κ1) is 22.6. The SMILES string of the molecule is CC(OC(=O)/C=C/c1ccc(OCc2c(Cl)cccc2Cl)cc1)C(=O)c1ccccc1. The third kappa shape index (κ3) is 6.45. The van der Waals surface area contributed by atoms with E-state index in [4.69, 9.17) is 32.7 Å². The van der Waals surface area contributed by atoms with Gasteiger partial charge in [0.1, 0.15) is 12.4 Å². The summed E-state index contributed by atoms with van der Waals surface area (Å²) >= 11 is 12.3. The lowest BCUT2D eigenvalue weighted by Crippen LogP contribution is -2.23. The quantitative estimate of drug-likeness (QED) is 0.224. The molecule has 4 nitrogen and oxygen atoms in total. The minimum Gasteiger partial charge on any atom is -0.489 e. The molecule has 31 heavy (non-hydrogen) atoms. The predicted octanol–water partition coefficient (Wildman–Crippen LogP) is 6.40. The van der Waals surface area contributed by atoms with Crippen LogP contribution in [-0.2, 0) is 16.1 Å². The fourth-order valence-electron chi connectivity index (χ4n) is 2.77. The average Bonchev–Trinajstić information content (AvgIpc) is 2.78. The van der Waals surface area contributed by atoms with E-state index in [1.165, 1.54) is 6.08 Å². The van der Waals surface area contributed by atoms with Crippen molar-refractivity contribution >= 4 is 41.0 Å². The summed E-state index contributed by atoms with van der Waals surface area (Å²) in [6, 6.07) is 21.2. The number of carbonyl (C=O) groups is 2. The smallest absolute Gasteiger partial charge is 0.331 e. The number of hydrogen-bond donors (Lipinski definition) is 0. The molecule has 3 rings (SSSR count). The van der Waals surface area contributed by atoms with Crippen LogP contribution in [0.2, 0.25) is 10.0 Å². The molecule has 0 aliphatic heterocycles. The fraction of sp³-hybridized carbons (Fsp3) is 0.120. The number of Topliss-reactive ketones (excluding diaryl/α,β-unsaturated/α-hetero) is 1. The number of hydrogen-bond acceptors (Lipinski definition) is 4. The van der Waals surface area contributed by atoms with Gasteiger partial charge in [-0.15, -0.1) is 0 Å². The first-order valence-corrected chi connectivity index (χ1v) is 10.3. The van der Waals surface area contributed by atoms with Crippen molar-refractivity contribution in [1.82, 2.24) is 0 Å². The summed E-state index contributed by atoms with van der Waals surface area (Å²) in [5.41, 5.74) is 2.00. The van der Waals surface area contributed by atoms with Crippen molar-refractivity contribution < 1.29 is 19.1 Å². The maximum atomic E-state index is 12.3. The standard InChI is InChI=1S/C25H20Cl2O4/c1-17(25(29)19-6-3-2-4-7-19)31-24(28)15-12-18-10-13-20(14-11-18)30-16-21-22(26)8-5-9-23(21)27/h2-15,17H,16H2,1H3/b15-12+. The van der Waals surface area contributed by atoms with Crippen LogP contribution in [0, 0.1) is 0 Å². The lowest BCUT2D eigenvalue weighted by Gasteiger charge is -2.10. The van der Waals surface area contributed by atoms with Gasteiger partial charge in [0.2, 0.25) is 5.78 Å². The Bertz CT molecular complexity index is 1060. The molecule has 0 aromatic heterocycles. The number of ether oxygens (including phenoxy) is 2. The van der Waals surface area contributed by atoms with Gasteiger partial charge in [0.15, 0.2) is 6.10 Å². The van der Waals surface area contributed by atoms with Gasteiger partial charge in [-0.05, 0) is 42.8 Å². The molecule has 0 saturated heterocycles. The number of halogens is 2. The lowest BCUT2D eigenvalue weighted by atomic mass is 10.1. The second-order valence-corrected chi connectivity index (χ2v) is 7.52. The summed E-state index contributed by atoms with van der Waals surface area (Å²) in [4.78, 5) is 24.3. The van der Waals surface area contributed by atoms with E-state index in [0.717, 1.165) is 11.1 Å². The van der Waals surface area contributed by atoms with Crippen molar-refractivity contribution in [2.75, 3.05) is 0 Å². The molecule has 0 bridgehead atoms. The van der Waals surface area contributed by atoms with Crippen LogP contribution in [-0.4, -0.2) is 17.9 Å². The molecule has 158 valence electrons. The van der Waals surface area contributed by atoms with E-state index >= 15 is 0 Å². The van der Waals surface area contributed by atoms with E-state index in [2.05, 4.69) is 0 Å². The van der Waals surface area contributed by atoms with Crippen LogP contribution in [0.3, 0.4) is 0 Å². The van der Waals surface area contributed by atoms with Crippen molar-refractivity contribution in [2.45, 2.75) is 19.6 Å². The van der Waals surface area contributed by atoms with Gasteiger partial charge >= 0.3 is 5.97 Å². The zero-order chi connectivity index (χ0) is 22.2. The minimum atomic E-state index is -0.869. The maximum Gasteiger partial charge on any atom is 0.331 e. The van der Waals surface area contributed by atoms with Crippen molar-refractivity contribution in [1.29, 1.82) is 0 Å². The molecule has 0 saturated carbocycles. The molecule has 6 heteroatoms. The molecule has 3 aromatic carbocycles. The Balaban J connectivity index is 1.53. The number of benzene rings is 3. The maximum absolute atomic E-state index is 12.3. The van der Waals surface area contributed by atoms with Gasteiger partial charge in [-0.3, -0.25) is 4.79 Å². The third-order valence-corrected chi connectivity index (χ3v) is 5.17. The van der Waals surface area contributed by atoms with Gasteiger partial charge < -0.3 is 9.47 Å². The summed E-state index contributed by atoms with van der Waals surface area (Å²) < 4.78 is 10.9. The molecular weight excluding hydrogens is 435 g/mol. The zero-order valence-electron chi connectivity index (χ0n) is 16.8. The third-order valence-electron chi connectivity index (χ3n) is 4.46. The topological polar surface area (TPSA) is 52.6 Å². The summed E-state index contributed by atoms with van der Waals surface area (Å²) in [5, 5.41) is 1.09. The van der Waals surface area contributed by atoms with Crippen LogP contribution in [0.4, 0.5) is 0 Å². The molecule has 1 unspecified atom stereocenters. The van der Waals surface area contributed by atoms with E-state index < -0.39 is 12.1 Å². The van der Waals surface area contributed by atoms with Crippen molar-refractivity contribution in [3.8, 4) is 5.75 Å². The molecular formula is C25H20Cl2O4. The Hall–Kier alpha value is -3.08. The van der Waals surface area contributed by atoms with Crippen LogP contribution in [0.5, 0.6) is 5.75 Å². The zero-order valence-corrected chi connectivity index (χ0v) is 18.3. The highest BCUT2D eigenvalue weighted by molar-refractivity contribution is 6.35. The molecule has 3 aromatic rings. The number of ketones is 1. The highest BCUT2D eigenvalue weighted by Crippen LogP contribution is 2.26. The second-order valence-electron chi connectivity index (χ2n) is 6.70. The Morgan fingerprint density at radius 3 is 2.19 bits per heavy atom. The van der Waals surface area contributed by atoms with Crippen LogP contribution in [0.25, 0.3) is 6.08 Å². The van der Waals surface area contributed by atoms with Crippen LogP contribution < -0.4 is 4.74 Å². The van der Waals surface area contributed by atoms with E-state index in [0.29, 0.717) is 21.4 Å². The van der Waals surface area contributed by atoms with Crippen LogP contribution in [0.15, 0.2) is 78.9 Å². The Morgan fingerprint density at radius 2 is 1.55 bits per heavy atom. The van der Waals surface area contributed by atoms with Gasteiger partial charge in [0.05, 0.1) is 0 Å². The van der Waals surface area contributed by atoms with Gasteiger partial charge in [-0.1, -0.05) is 71.7 Å². The number of rotatable bonds is 8. The Morgan fingerprint density at radius 1 is 0.903 bits per heavy atom. The molecule has 0 aliphatic carbocycles. The number of carbonyl (C=O) groups excluding carboxylic acids is 2. The lowest BCUT2D eigenvalue weighted by molar-refractivity contribution is -0.140. The highest BCUT2D eigenvalue weighted by atomic mass is 35.5. The van der Waals surface area contributed by atoms with Gasteiger partial charge in [-0.25, -0.2) is 4.79 Å². The summed E-state index contributed by atoms with van der Waals surface area (Å²) in [6.07, 6.45) is 2.03. The Kier molecular flexibility index (Phi) is 7.88. The predicted molar refractivity (Wildman–Crippen MR) is 123 cm³/mol. The normalized spacial score (nSPS) is 11.8. The van der Waals surface area contributed by atoms with Crippen LogP contribution >= 0.6 is 23.2 Å². The fourth-order valence-corrected chi connectivity index (χ4v) is 3.28. The van der Waals surface area contributed by atoms with E-state index in [9.17, 15) is 9.59 Å². The van der Waals surface area contributed by atoms with E-state index in [1.807, 2.05) is 6.07 Å². The molecule has 0 aliphatic rings. The highest BCUT2D eigenvalue weighted by Gasteiger charge is 2.18. The molecule has 0 heterocycles.